The van der Waals surface area contributed by atoms with Gasteiger partial charge in [0.05, 0.1) is 16.8 Å². The van der Waals surface area contributed by atoms with Crippen LogP contribution < -0.4 is 0 Å². The summed E-state index contributed by atoms with van der Waals surface area (Å²) in [5.41, 5.74) is -0.0241. The summed E-state index contributed by atoms with van der Waals surface area (Å²) in [6, 6.07) is 7.54. The molecule has 2 heterocycles. The Hall–Kier alpha value is -2.87. The Morgan fingerprint density at radius 1 is 0.968 bits per heavy atom. The van der Waals surface area contributed by atoms with Crippen molar-refractivity contribution < 1.29 is 18.4 Å². The first-order valence-electron chi connectivity index (χ1n) is 10.6. The van der Waals surface area contributed by atoms with Crippen molar-refractivity contribution in [2.45, 2.75) is 26.8 Å². The van der Waals surface area contributed by atoms with Gasteiger partial charge in [-0.15, -0.1) is 0 Å². The summed E-state index contributed by atoms with van der Waals surface area (Å²) in [5.74, 6) is -3.08. The van der Waals surface area contributed by atoms with E-state index >= 15 is 0 Å². The molecule has 0 N–H and O–H groups in total. The van der Waals surface area contributed by atoms with Gasteiger partial charge in [0.15, 0.2) is 0 Å². The van der Waals surface area contributed by atoms with Gasteiger partial charge in [0.25, 0.3) is 11.8 Å². The number of nitrogens with zero attached hydrogens (tertiary/aromatic N) is 4. The molecule has 0 spiro atoms. The number of hydrogen-bond acceptors (Lipinski definition) is 4. The predicted molar refractivity (Wildman–Crippen MR) is 114 cm³/mol. The van der Waals surface area contributed by atoms with Crippen LogP contribution in [0.25, 0.3) is 0 Å². The van der Waals surface area contributed by atoms with Crippen LogP contribution in [-0.4, -0.2) is 70.8 Å². The third-order valence-electron chi connectivity index (χ3n) is 5.57. The minimum absolute atomic E-state index is 0.338. The Bertz CT molecular complexity index is 919. The van der Waals surface area contributed by atoms with Gasteiger partial charge in [0.1, 0.15) is 11.6 Å². The zero-order valence-corrected chi connectivity index (χ0v) is 18.0. The lowest BCUT2D eigenvalue weighted by molar-refractivity contribution is 0.0719. The average molecular weight is 430 g/mol. The normalized spacial score (nSPS) is 14.9. The maximum Gasteiger partial charge on any atom is 0.257 e. The molecule has 0 bridgehead atoms. The van der Waals surface area contributed by atoms with E-state index in [9.17, 15) is 18.4 Å². The number of benzene rings is 1. The van der Waals surface area contributed by atoms with Gasteiger partial charge in [-0.2, -0.15) is 0 Å². The molecule has 0 radical (unpaired) electrons. The van der Waals surface area contributed by atoms with Crippen molar-refractivity contribution in [1.29, 1.82) is 0 Å². The summed E-state index contributed by atoms with van der Waals surface area (Å²) in [7, 11) is 0. The number of pyridine rings is 1. The van der Waals surface area contributed by atoms with Crippen LogP contribution in [0.4, 0.5) is 8.78 Å². The van der Waals surface area contributed by atoms with E-state index in [0.29, 0.717) is 45.7 Å². The van der Waals surface area contributed by atoms with Crippen molar-refractivity contribution >= 4 is 11.8 Å². The highest BCUT2D eigenvalue weighted by molar-refractivity contribution is 6.07. The molecule has 1 aliphatic rings. The van der Waals surface area contributed by atoms with Crippen LogP contribution in [0.2, 0.25) is 0 Å². The molecule has 8 heteroatoms. The maximum absolute atomic E-state index is 14.7. The quantitative estimate of drug-likeness (QED) is 0.706. The van der Waals surface area contributed by atoms with E-state index in [-0.39, 0.29) is 0 Å². The molecule has 0 aliphatic carbocycles. The van der Waals surface area contributed by atoms with Crippen molar-refractivity contribution in [2.24, 2.45) is 0 Å². The fourth-order valence-corrected chi connectivity index (χ4v) is 3.85. The van der Waals surface area contributed by atoms with Crippen LogP contribution in [0.1, 0.15) is 46.7 Å². The predicted octanol–water partition coefficient (Wildman–Crippen LogP) is 3.19. The highest BCUT2D eigenvalue weighted by Gasteiger charge is 2.31. The molecule has 6 nitrogen and oxygen atoms in total. The fraction of sp³-hybridized carbons (Fsp3) is 0.435. The third kappa shape index (κ3) is 5.25. The molecule has 1 aromatic heterocycles. The average Bonchev–Trinajstić information content (AvgIpc) is 3.01. The summed E-state index contributed by atoms with van der Waals surface area (Å²) in [6.45, 7) is 6.96. The summed E-state index contributed by atoms with van der Waals surface area (Å²) >= 11 is 0. The zero-order chi connectivity index (χ0) is 22.4. The first-order valence-corrected chi connectivity index (χ1v) is 10.6. The molecule has 2 amide bonds. The van der Waals surface area contributed by atoms with Gasteiger partial charge < -0.3 is 9.80 Å². The third-order valence-corrected chi connectivity index (χ3v) is 5.57. The smallest absolute Gasteiger partial charge is 0.257 e. The SMILES string of the molecule is CCN(CC)C(=O)c1c(F)ccc(F)c1C(=O)N1CCCN(Cc2ccccn2)CC1. The number of amides is 2. The molecular weight excluding hydrogens is 402 g/mol. The van der Waals surface area contributed by atoms with Gasteiger partial charge in [0.2, 0.25) is 0 Å². The van der Waals surface area contributed by atoms with Crippen LogP contribution in [0, 0.1) is 11.6 Å². The molecule has 0 unspecified atom stereocenters. The standard InChI is InChI=1S/C23H28F2N4O2/c1-3-28(4-2)22(30)20-18(24)9-10-19(25)21(20)23(31)29-13-7-12-27(14-15-29)16-17-8-5-6-11-26-17/h5-6,8-11H,3-4,7,12-16H2,1-2H3. The number of aromatic nitrogens is 1. The van der Waals surface area contributed by atoms with Crippen LogP contribution in [-0.2, 0) is 6.54 Å². The second kappa shape index (κ2) is 10.4. The summed E-state index contributed by atoms with van der Waals surface area (Å²) in [6.07, 6.45) is 2.43. The van der Waals surface area contributed by atoms with Crippen molar-refractivity contribution in [3.8, 4) is 0 Å². The van der Waals surface area contributed by atoms with E-state index in [1.807, 2.05) is 18.2 Å². The molecule has 3 rings (SSSR count). The number of carbonyl (C=O) groups is 2. The monoisotopic (exact) mass is 430 g/mol. The lowest BCUT2D eigenvalue weighted by Gasteiger charge is -2.25. The van der Waals surface area contributed by atoms with Crippen molar-refractivity contribution in [3.63, 3.8) is 0 Å². The minimum atomic E-state index is -0.881. The highest BCUT2D eigenvalue weighted by Crippen LogP contribution is 2.22. The molecule has 1 saturated heterocycles. The number of halogens is 2. The van der Waals surface area contributed by atoms with E-state index < -0.39 is 34.6 Å². The van der Waals surface area contributed by atoms with Crippen molar-refractivity contribution in [1.82, 2.24) is 19.7 Å². The van der Waals surface area contributed by atoms with E-state index in [2.05, 4.69) is 9.88 Å². The van der Waals surface area contributed by atoms with Crippen LogP contribution in [0.3, 0.4) is 0 Å². The minimum Gasteiger partial charge on any atom is -0.339 e. The van der Waals surface area contributed by atoms with E-state index in [1.165, 1.54) is 9.80 Å². The van der Waals surface area contributed by atoms with Crippen molar-refractivity contribution in [3.05, 3.63) is 65.0 Å². The van der Waals surface area contributed by atoms with Crippen LogP contribution in [0.15, 0.2) is 36.5 Å². The Balaban J connectivity index is 1.81. The number of rotatable bonds is 6. The molecule has 1 aliphatic heterocycles. The largest absolute Gasteiger partial charge is 0.339 e. The summed E-state index contributed by atoms with van der Waals surface area (Å²) < 4.78 is 29.4. The maximum atomic E-state index is 14.7. The second-order valence-electron chi connectivity index (χ2n) is 7.50. The first-order chi connectivity index (χ1) is 15.0. The van der Waals surface area contributed by atoms with Crippen LogP contribution in [0.5, 0.6) is 0 Å². The van der Waals surface area contributed by atoms with Gasteiger partial charge >= 0.3 is 0 Å². The highest BCUT2D eigenvalue weighted by atomic mass is 19.1. The molecule has 1 aromatic carbocycles. The Kier molecular flexibility index (Phi) is 7.68. The summed E-state index contributed by atoms with van der Waals surface area (Å²) in [5, 5.41) is 0. The second-order valence-corrected chi connectivity index (χ2v) is 7.50. The molecule has 2 aromatic rings. The molecule has 0 atom stereocenters. The van der Waals surface area contributed by atoms with E-state index in [1.54, 1.807) is 20.0 Å². The van der Waals surface area contributed by atoms with Gasteiger partial charge in [-0.25, -0.2) is 8.78 Å². The summed E-state index contributed by atoms with van der Waals surface area (Å²) in [4.78, 5) is 35.5. The molecular formula is C23H28F2N4O2. The number of hydrogen-bond donors (Lipinski definition) is 0. The Labute approximate surface area is 181 Å². The Morgan fingerprint density at radius 3 is 2.32 bits per heavy atom. The number of carbonyl (C=O) groups excluding carboxylic acids is 2. The van der Waals surface area contributed by atoms with Crippen molar-refractivity contribution in [2.75, 3.05) is 39.3 Å². The van der Waals surface area contributed by atoms with Gasteiger partial charge in [0, 0.05) is 52.0 Å². The molecule has 166 valence electrons. The van der Waals surface area contributed by atoms with Crippen LogP contribution >= 0.6 is 0 Å². The first kappa shape index (κ1) is 22.8. The van der Waals surface area contributed by atoms with Gasteiger partial charge in [-0.1, -0.05) is 6.07 Å². The fourth-order valence-electron chi connectivity index (χ4n) is 3.85. The Morgan fingerprint density at radius 2 is 1.68 bits per heavy atom. The molecule has 0 saturated carbocycles. The van der Waals surface area contributed by atoms with E-state index in [4.69, 9.17) is 0 Å². The lowest BCUT2D eigenvalue weighted by Crippen LogP contribution is -2.38. The van der Waals surface area contributed by atoms with Gasteiger partial charge in [-0.05, 0) is 44.5 Å². The molecule has 1 fully saturated rings. The molecule has 31 heavy (non-hydrogen) atoms. The van der Waals surface area contributed by atoms with Gasteiger partial charge in [-0.3, -0.25) is 19.5 Å². The topological polar surface area (TPSA) is 56.8 Å². The zero-order valence-electron chi connectivity index (χ0n) is 18.0. The lowest BCUT2D eigenvalue weighted by atomic mass is 10.0. The van der Waals surface area contributed by atoms with E-state index in [0.717, 1.165) is 24.4 Å².